The summed E-state index contributed by atoms with van der Waals surface area (Å²) in [6.45, 7) is 3.57. The van der Waals surface area contributed by atoms with E-state index in [-0.39, 0.29) is 12.1 Å². The number of nitrogens with zero attached hydrogens (tertiary/aromatic N) is 3. The van der Waals surface area contributed by atoms with Crippen molar-refractivity contribution in [2.24, 2.45) is 0 Å². The Balaban J connectivity index is 1.78. The van der Waals surface area contributed by atoms with Crippen LogP contribution in [0.3, 0.4) is 0 Å². The average molecular weight is 259 g/mol. The number of aromatic nitrogens is 2. The van der Waals surface area contributed by atoms with Crippen molar-refractivity contribution in [3.05, 3.63) is 36.2 Å². The highest BCUT2D eigenvalue weighted by molar-refractivity contribution is 5.51. The summed E-state index contributed by atoms with van der Waals surface area (Å²) < 4.78 is 5.73. The summed E-state index contributed by atoms with van der Waals surface area (Å²) in [6, 6.07) is 9.78. The Morgan fingerprint density at radius 1 is 1.32 bits per heavy atom. The van der Waals surface area contributed by atoms with Crippen LogP contribution in [0.5, 0.6) is 0 Å². The first-order chi connectivity index (χ1) is 9.24. The first kappa shape index (κ1) is 12.3. The second-order valence-electron chi connectivity index (χ2n) is 4.92. The van der Waals surface area contributed by atoms with Crippen LogP contribution in [-0.2, 0) is 0 Å². The largest absolute Gasteiger partial charge is 0.419 e. The van der Waals surface area contributed by atoms with E-state index < -0.39 is 0 Å². The van der Waals surface area contributed by atoms with Crippen LogP contribution in [0.4, 0.5) is 0 Å². The van der Waals surface area contributed by atoms with Gasteiger partial charge in [0.05, 0.1) is 12.1 Å². The van der Waals surface area contributed by atoms with E-state index in [0.29, 0.717) is 18.3 Å². The molecule has 3 rings (SSSR count). The zero-order chi connectivity index (χ0) is 13.2. The van der Waals surface area contributed by atoms with Crippen LogP contribution in [0.15, 0.2) is 34.7 Å². The molecule has 1 aromatic heterocycles. The van der Waals surface area contributed by atoms with Crippen LogP contribution < -0.4 is 0 Å². The van der Waals surface area contributed by atoms with Gasteiger partial charge in [0, 0.05) is 18.7 Å². The van der Waals surface area contributed by atoms with Gasteiger partial charge in [0.2, 0.25) is 11.8 Å². The van der Waals surface area contributed by atoms with E-state index in [9.17, 15) is 5.11 Å². The SMILES string of the molecule is CC(c1nnc(-c2ccccc2)o1)N1CC[C@H](O)C1. The van der Waals surface area contributed by atoms with Crippen LogP contribution in [0.1, 0.15) is 25.3 Å². The Morgan fingerprint density at radius 2 is 2.11 bits per heavy atom. The second kappa shape index (κ2) is 5.11. The Kier molecular flexibility index (Phi) is 3.31. The molecule has 1 saturated heterocycles. The molecule has 1 fully saturated rings. The summed E-state index contributed by atoms with van der Waals surface area (Å²) in [5.74, 6) is 1.15. The molecule has 100 valence electrons. The predicted molar refractivity (Wildman–Crippen MR) is 70.3 cm³/mol. The maximum Gasteiger partial charge on any atom is 0.247 e. The van der Waals surface area contributed by atoms with Crippen molar-refractivity contribution in [2.75, 3.05) is 13.1 Å². The molecule has 0 bridgehead atoms. The Bertz CT molecular complexity index is 541. The van der Waals surface area contributed by atoms with Gasteiger partial charge in [-0.3, -0.25) is 4.90 Å². The number of β-amino-alcohol motifs (C(OH)–C–C–N with tert-alkyl or cyclic N) is 1. The minimum atomic E-state index is -0.237. The highest BCUT2D eigenvalue weighted by Gasteiger charge is 2.28. The average Bonchev–Trinajstić information content (AvgIpc) is 3.08. The van der Waals surface area contributed by atoms with E-state index in [2.05, 4.69) is 15.1 Å². The lowest BCUT2D eigenvalue weighted by Gasteiger charge is -2.20. The monoisotopic (exact) mass is 259 g/mol. The first-order valence-corrected chi connectivity index (χ1v) is 6.55. The first-order valence-electron chi connectivity index (χ1n) is 6.55. The molecule has 0 saturated carbocycles. The number of hydrogen-bond acceptors (Lipinski definition) is 5. The lowest BCUT2D eigenvalue weighted by Crippen LogP contribution is -2.25. The molecule has 1 unspecified atom stereocenters. The minimum absolute atomic E-state index is 0.0436. The lowest BCUT2D eigenvalue weighted by molar-refractivity contribution is 0.155. The smallest absolute Gasteiger partial charge is 0.247 e. The molecule has 5 heteroatoms. The molecule has 19 heavy (non-hydrogen) atoms. The van der Waals surface area contributed by atoms with Crippen LogP contribution in [0.25, 0.3) is 11.5 Å². The number of likely N-dealkylation sites (tertiary alicyclic amines) is 1. The molecule has 0 spiro atoms. The third-order valence-corrected chi connectivity index (χ3v) is 3.56. The van der Waals surface area contributed by atoms with Gasteiger partial charge in [0.25, 0.3) is 0 Å². The van der Waals surface area contributed by atoms with Gasteiger partial charge in [-0.1, -0.05) is 18.2 Å². The Morgan fingerprint density at radius 3 is 2.79 bits per heavy atom. The topological polar surface area (TPSA) is 62.4 Å². The van der Waals surface area contributed by atoms with E-state index in [4.69, 9.17) is 4.42 Å². The summed E-state index contributed by atoms with van der Waals surface area (Å²) in [5.41, 5.74) is 0.926. The molecule has 2 aromatic rings. The van der Waals surface area contributed by atoms with E-state index >= 15 is 0 Å². The molecule has 0 radical (unpaired) electrons. The predicted octanol–water partition coefficient (Wildman–Crippen LogP) is 1.86. The summed E-state index contributed by atoms with van der Waals surface area (Å²) in [5, 5.41) is 17.8. The molecule has 5 nitrogen and oxygen atoms in total. The van der Waals surface area contributed by atoms with Gasteiger partial charge >= 0.3 is 0 Å². The zero-order valence-corrected chi connectivity index (χ0v) is 10.9. The van der Waals surface area contributed by atoms with Gasteiger partial charge in [-0.25, -0.2) is 0 Å². The van der Waals surface area contributed by atoms with Gasteiger partial charge in [-0.2, -0.15) is 0 Å². The molecule has 1 N–H and O–H groups in total. The number of aliphatic hydroxyl groups excluding tert-OH is 1. The Hall–Kier alpha value is -1.72. The number of rotatable bonds is 3. The molecule has 2 atom stereocenters. The fourth-order valence-corrected chi connectivity index (χ4v) is 2.38. The van der Waals surface area contributed by atoms with Crippen LogP contribution in [-0.4, -0.2) is 39.4 Å². The van der Waals surface area contributed by atoms with E-state index in [1.807, 2.05) is 37.3 Å². The van der Waals surface area contributed by atoms with Gasteiger partial charge in [0.15, 0.2) is 0 Å². The van der Waals surface area contributed by atoms with Crippen molar-refractivity contribution in [1.29, 1.82) is 0 Å². The van der Waals surface area contributed by atoms with Crippen LogP contribution in [0.2, 0.25) is 0 Å². The zero-order valence-electron chi connectivity index (χ0n) is 10.9. The normalized spacial score (nSPS) is 21.7. The quantitative estimate of drug-likeness (QED) is 0.911. The number of aliphatic hydroxyl groups is 1. The Labute approximate surface area is 111 Å². The third kappa shape index (κ3) is 2.52. The van der Waals surface area contributed by atoms with Crippen molar-refractivity contribution in [3.63, 3.8) is 0 Å². The fourth-order valence-electron chi connectivity index (χ4n) is 2.38. The van der Waals surface area contributed by atoms with Crippen molar-refractivity contribution in [3.8, 4) is 11.5 Å². The summed E-state index contributed by atoms with van der Waals surface area (Å²) in [6.07, 6.45) is 0.572. The third-order valence-electron chi connectivity index (χ3n) is 3.56. The molecule has 1 aliphatic heterocycles. The molecular weight excluding hydrogens is 242 g/mol. The van der Waals surface area contributed by atoms with E-state index in [1.54, 1.807) is 0 Å². The maximum atomic E-state index is 9.57. The summed E-state index contributed by atoms with van der Waals surface area (Å²) >= 11 is 0. The molecule has 0 amide bonds. The molecule has 2 heterocycles. The minimum Gasteiger partial charge on any atom is -0.419 e. The number of benzene rings is 1. The molecule has 1 aliphatic rings. The van der Waals surface area contributed by atoms with Crippen molar-refractivity contribution < 1.29 is 9.52 Å². The second-order valence-corrected chi connectivity index (χ2v) is 4.92. The standard InChI is InChI=1S/C14H17N3O2/c1-10(17-8-7-12(18)9-17)13-15-16-14(19-13)11-5-3-2-4-6-11/h2-6,10,12,18H,7-9H2,1H3/t10?,12-/m0/s1. The summed E-state index contributed by atoms with van der Waals surface area (Å²) in [7, 11) is 0. The highest BCUT2D eigenvalue weighted by atomic mass is 16.4. The van der Waals surface area contributed by atoms with Crippen LogP contribution in [0, 0.1) is 0 Å². The van der Waals surface area contributed by atoms with Gasteiger partial charge in [-0.15, -0.1) is 10.2 Å². The van der Waals surface area contributed by atoms with E-state index in [1.165, 1.54) is 0 Å². The maximum absolute atomic E-state index is 9.57. The van der Waals surface area contributed by atoms with Crippen molar-refractivity contribution in [1.82, 2.24) is 15.1 Å². The van der Waals surface area contributed by atoms with Crippen molar-refractivity contribution in [2.45, 2.75) is 25.5 Å². The summed E-state index contributed by atoms with van der Waals surface area (Å²) in [4.78, 5) is 2.16. The van der Waals surface area contributed by atoms with Gasteiger partial charge in [0.1, 0.15) is 0 Å². The number of hydrogen-bond donors (Lipinski definition) is 1. The van der Waals surface area contributed by atoms with Crippen molar-refractivity contribution >= 4 is 0 Å². The highest BCUT2D eigenvalue weighted by Crippen LogP contribution is 2.26. The molecule has 1 aromatic carbocycles. The molecular formula is C14H17N3O2. The lowest BCUT2D eigenvalue weighted by atomic mass is 10.2. The molecule has 0 aliphatic carbocycles. The van der Waals surface area contributed by atoms with Gasteiger partial charge < -0.3 is 9.52 Å². The fraction of sp³-hybridized carbons (Fsp3) is 0.429. The van der Waals surface area contributed by atoms with E-state index in [0.717, 1.165) is 18.5 Å². The van der Waals surface area contributed by atoms with Crippen LogP contribution >= 0.6 is 0 Å². The van der Waals surface area contributed by atoms with Gasteiger partial charge in [-0.05, 0) is 25.5 Å².